The van der Waals surface area contributed by atoms with Crippen LogP contribution in [-0.4, -0.2) is 38.7 Å². The van der Waals surface area contributed by atoms with Crippen molar-refractivity contribution >= 4 is 17.4 Å². The highest BCUT2D eigenvalue weighted by Gasteiger charge is 2.32. The van der Waals surface area contributed by atoms with Gasteiger partial charge in [-0.05, 0) is 49.4 Å². The molecule has 0 bridgehead atoms. The maximum Gasteiger partial charge on any atom is 0.254 e. The van der Waals surface area contributed by atoms with Gasteiger partial charge < -0.3 is 11.1 Å². The lowest BCUT2D eigenvalue weighted by atomic mass is 9.93. The number of carbonyl (C=O) groups excluding carboxylic acids is 1. The highest BCUT2D eigenvalue weighted by atomic mass is 19.1. The van der Waals surface area contributed by atoms with Crippen LogP contribution in [0, 0.1) is 28.9 Å². The Morgan fingerprint density at radius 1 is 1.25 bits per heavy atom. The van der Waals surface area contributed by atoms with Crippen molar-refractivity contribution in [3.63, 3.8) is 0 Å². The lowest BCUT2D eigenvalue weighted by molar-refractivity contribution is 0.1000. The molecule has 0 aliphatic carbocycles. The number of hydrogen-bond acceptors (Lipinski definition) is 6. The van der Waals surface area contributed by atoms with Crippen LogP contribution in [0.5, 0.6) is 0 Å². The summed E-state index contributed by atoms with van der Waals surface area (Å²) >= 11 is 0. The summed E-state index contributed by atoms with van der Waals surface area (Å²) in [5.41, 5.74) is 6.83. The van der Waals surface area contributed by atoms with Crippen LogP contribution in [0.2, 0.25) is 0 Å². The summed E-state index contributed by atoms with van der Waals surface area (Å²) in [7, 11) is 0. The van der Waals surface area contributed by atoms with E-state index in [4.69, 9.17) is 5.73 Å². The van der Waals surface area contributed by atoms with E-state index in [0.717, 1.165) is 0 Å². The number of nitriles is 1. The fourth-order valence-electron chi connectivity index (χ4n) is 3.83. The van der Waals surface area contributed by atoms with Gasteiger partial charge in [-0.15, -0.1) is 0 Å². The molecule has 1 aliphatic heterocycles. The minimum absolute atomic E-state index is 0.162. The van der Waals surface area contributed by atoms with Gasteiger partial charge in [0.05, 0.1) is 23.7 Å². The van der Waals surface area contributed by atoms with Crippen molar-refractivity contribution in [1.29, 1.82) is 5.26 Å². The van der Waals surface area contributed by atoms with Gasteiger partial charge in [-0.25, -0.2) is 8.78 Å². The van der Waals surface area contributed by atoms with Gasteiger partial charge in [0.1, 0.15) is 17.2 Å². The van der Waals surface area contributed by atoms with Crippen molar-refractivity contribution in [2.75, 3.05) is 18.4 Å². The highest BCUT2D eigenvalue weighted by Crippen LogP contribution is 2.30. The molecule has 1 fully saturated rings. The van der Waals surface area contributed by atoms with Crippen LogP contribution in [-0.2, 0) is 6.54 Å². The maximum absolute atomic E-state index is 13.5. The van der Waals surface area contributed by atoms with Gasteiger partial charge in [-0.1, -0.05) is 0 Å². The number of hydrogen-bond donors (Lipinski definition) is 2. The number of amides is 1. The summed E-state index contributed by atoms with van der Waals surface area (Å²) in [6.45, 7) is 1.54. The van der Waals surface area contributed by atoms with E-state index < -0.39 is 5.91 Å². The monoisotopic (exact) mass is 437 g/mol. The van der Waals surface area contributed by atoms with Crippen molar-refractivity contribution < 1.29 is 13.6 Å². The first kappa shape index (κ1) is 21.4. The van der Waals surface area contributed by atoms with E-state index in [9.17, 15) is 18.8 Å². The summed E-state index contributed by atoms with van der Waals surface area (Å²) in [5.74, 6) is -1.52. The Kier molecular flexibility index (Phi) is 6.09. The van der Waals surface area contributed by atoms with Crippen LogP contribution >= 0.6 is 0 Å². The number of piperidine rings is 1. The number of primary amides is 1. The van der Waals surface area contributed by atoms with Gasteiger partial charge in [-0.2, -0.15) is 10.4 Å². The van der Waals surface area contributed by atoms with E-state index in [2.05, 4.69) is 26.4 Å². The van der Waals surface area contributed by atoms with Crippen LogP contribution in [0.15, 0.2) is 48.8 Å². The number of halogens is 2. The van der Waals surface area contributed by atoms with E-state index >= 15 is 0 Å². The second-order valence-corrected chi connectivity index (χ2v) is 7.66. The summed E-state index contributed by atoms with van der Waals surface area (Å²) in [5, 5.41) is 17.1. The number of benzene rings is 1. The molecule has 0 saturated carbocycles. The molecule has 8 nitrogen and oxygen atoms in total. The number of rotatable bonds is 6. The summed E-state index contributed by atoms with van der Waals surface area (Å²) in [6.07, 6.45) is 3.53. The zero-order valence-electron chi connectivity index (χ0n) is 17.1. The SMILES string of the molecule is N#CC1CCN(Cc2cc(F)ccn2)CC1n1cc(C(N)=O)c(Nc2ccc(F)cc2)n1. The van der Waals surface area contributed by atoms with Gasteiger partial charge in [0.2, 0.25) is 0 Å². The molecule has 1 saturated heterocycles. The first-order valence-corrected chi connectivity index (χ1v) is 10.1. The van der Waals surface area contributed by atoms with Crippen LogP contribution < -0.4 is 11.1 Å². The van der Waals surface area contributed by atoms with Crippen LogP contribution in [0.25, 0.3) is 0 Å². The second kappa shape index (κ2) is 9.11. The molecule has 3 heterocycles. The summed E-state index contributed by atoms with van der Waals surface area (Å²) in [4.78, 5) is 18.3. The maximum atomic E-state index is 13.5. The lowest BCUT2D eigenvalue weighted by Gasteiger charge is -2.35. The molecule has 10 heteroatoms. The molecule has 2 aromatic heterocycles. The number of nitrogens with one attached hydrogen (secondary N) is 1. The van der Waals surface area contributed by atoms with E-state index in [1.165, 1.54) is 48.8 Å². The number of anilines is 2. The van der Waals surface area contributed by atoms with E-state index in [-0.39, 0.29) is 35.0 Å². The molecule has 0 spiro atoms. The number of nitrogens with two attached hydrogens (primary N) is 1. The zero-order chi connectivity index (χ0) is 22.7. The third-order valence-electron chi connectivity index (χ3n) is 5.44. The normalized spacial score (nSPS) is 18.8. The summed E-state index contributed by atoms with van der Waals surface area (Å²) in [6, 6.07) is 10.3. The Hall–Kier alpha value is -3.84. The van der Waals surface area contributed by atoms with Gasteiger partial charge in [0.25, 0.3) is 5.91 Å². The van der Waals surface area contributed by atoms with Crippen molar-refractivity contribution in [3.8, 4) is 6.07 Å². The molecule has 32 heavy (non-hydrogen) atoms. The molecule has 2 unspecified atom stereocenters. The molecule has 164 valence electrons. The Morgan fingerprint density at radius 2 is 2.03 bits per heavy atom. The van der Waals surface area contributed by atoms with E-state index in [1.807, 2.05) is 0 Å². The quantitative estimate of drug-likeness (QED) is 0.613. The highest BCUT2D eigenvalue weighted by molar-refractivity contribution is 5.98. The third kappa shape index (κ3) is 4.73. The predicted molar refractivity (Wildman–Crippen MR) is 113 cm³/mol. The molecule has 1 amide bonds. The average molecular weight is 437 g/mol. The molecule has 1 aromatic carbocycles. The minimum atomic E-state index is -0.675. The molecule has 2 atom stereocenters. The number of pyridine rings is 1. The standard InChI is InChI=1S/C22H21F2N7O/c23-15-1-3-17(4-2-15)28-22-19(21(26)32)12-31(29-22)20-13-30(8-6-14(20)10-25)11-18-9-16(24)5-7-27-18/h1-5,7,9,12,14,20H,6,8,11,13H2,(H2,26,32)(H,28,29). The van der Waals surface area contributed by atoms with Crippen molar-refractivity contribution in [2.45, 2.75) is 19.0 Å². The van der Waals surface area contributed by atoms with Crippen molar-refractivity contribution in [3.05, 3.63) is 71.7 Å². The first-order chi connectivity index (χ1) is 15.4. The molecule has 4 rings (SSSR count). The molecule has 1 aliphatic rings. The third-order valence-corrected chi connectivity index (χ3v) is 5.44. The van der Waals surface area contributed by atoms with Crippen LogP contribution in [0.1, 0.15) is 28.5 Å². The Balaban J connectivity index is 1.58. The van der Waals surface area contributed by atoms with Crippen LogP contribution in [0.3, 0.4) is 0 Å². The number of likely N-dealkylation sites (tertiary alicyclic amines) is 1. The first-order valence-electron chi connectivity index (χ1n) is 10.1. The van der Waals surface area contributed by atoms with Gasteiger partial charge >= 0.3 is 0 Å². The number of aromatic nitrogens is 3. The Bertz CT molecular complexity index is 1160. The molecular weight excluding hydrogens is 416 g/mol. The van der Waals surface area contributed by atoms with E-state index in [0.29, 0.717) is 37.4 Å². The Labute approximate surface area is 183 Å². The largest absolute Gasteiger partial charge is 0.365 e. The van der Waals surface area contributed by atoms with Gasteiger partial charge in [0.15, 0.2) is 5.82 Å². The summed E-state index contributed by atoms with van der Waals surface area (Å²) < 4.78 is 28.3. The zero-order valence-corrected chi connectivity index (χ0v) is 17.1. The fraction of sp³-hybridized carbons (Fsp3) is 0.273. The molecule has 3 aromatic rings. The topological polar surface area (TPSA) is 113 Å². The van der Waals surface area contributed by atoms with Gasteiger partial charge in [0, 0.05) is 31.2 Å². The Morgan fingerprint density at radius 3 is 2.72 bits per heavy atom. The predicted octanol–water partition coefficient (Wildman–Crippen LogP) is 2.99. The van der Waals surface area contributed by atoms with Crippen molar-refractivity contribution in [1.82, 2.24) is 19.7 Å². The minimum Gasteiger partial charge on any atom is -0.365 e. The average Bonchev–Trinajstić information content (AvgIpc) is 3.19. The number of nitrogens with zero attached hydrogens (tertiary/aromatic N) is 5. The molecule has 0 radical (unpaired) electrons. The lowest BCUT2D eigenvalue weighted by Crippen LogP contribution is -2.41. The fourth-order valence-corrected chi connectivity index (χ4v) is 3.83. The second-order valence-electron chi connectivity index (χ2n) is 7.66. The van der Waals surface area contributed by atoms with Crippen LogP contribution in [0.4, 0.5) is 20.3 Å². The van der Waals surface area contributed by atoms with Crippen molar-refractivity contribution in [2.24, 2.45) is 11.7 Å². The van der Waals surface area contributed by atoms with Gasteiger partial charge in [-0.3, -0.25) is 19.4 Å². The smallest absolute Gasteiger partial charge is 0.254 e. The molecular formula is C22H21F2N7O. The molecule has 3 N–H and O–H groups in total. The van der Waals surface area contributed by atoms with E-state index in [1.54, 1.807) is 4.68 Å². The number of carbonyl (C=O) groups is 1.